The van der Waals surface area contributed by atoms with Gasteiger partial charge in [-0.15, -0.1) is 0 Å². The first kappa shape index (κ1) is 31.9. The van der Waals surface area contributed by atoms with Crippen LogP contribution in [0, 0.1) is 29.1 Å². The van der Waals surface area contributed by atoms with Crippen molar-refractivity contribution >= 4 is 23.9 Å². The largest absolute Gasteiger partial charge is 0.462 e. The molecule has 11 atom stereocenters. The van der Waals surface area contributed by atoms with Gasteiger partial charge in [-0.05, 0) is 44.4 Å². The summed E-state index contributed by atoms with van der Waals surface area (Å²) in [6, 6.07) is 8.43. The molecule has 0 radical (unpaired) electrons. The zero-order valence-corrected chi connectivity index (χ0v) is 26.1. The lowest BCUT2D eigenvalue weighted by Crippen LogP contribution is -2.63. The van der Waals surface area contributed by atoms with Crippen LogP contribution >= 0.6 is 0 Å². The second-order valence-electron chi connectivity index (χ2n) is 13.0. The predicted octanol–water partition coefficient (Wildman–Crippen LogP) is 3.95. The fourth-order valence-electron chi connectivity index (χ4n) is 8.60. The summed E-state index contributed by atoms with van der Waals surface area (Å²) >= 11 is 0. The van der Waals surface area contributed by atoms with Crippen molar-refractivity contribution in [3.63, 3.8) is 0 Å². The summed E-state index contributed by atoms with van der Waals surface area (Å²) in [6.45, 7) is 13.9. The molecule has 44 heavy (non-hydrogen) atoms. The van der Waals surface area contributed by atoms with Crippen LogP contribution in [0.15, 0.2) is 54.6 Å². The Bertz CT molecular complexity index is 1370. The van der Waals surface area contributed by atoms with E-state index in [1.165, 1.54) is 13.8 Å². The number of benzene rings is 1. The van der Waals surface area contributed by atoms with E-state index < -0.39 is 88.6 Å². The van der Waals surface area contributed by atoms with Crippen molar-refractivity contribution in [3.05, 3.63) is 60.2 Å². The molecule has 10 heteroatoms. The Labute approximate surface area is 257 Å². The van der Waals surface area contributed by atoms with Gasteiger partial charge in [0.2, 0.25) is 0 Å². The van der Waals surface area contributed by atoms with Gasteiger partial charge in [-0.2, -0.15) is 0 Å². The van der Waals surface area contributed by atoms with E-state index in [0.29, 0.717) is 0 Å². The summed E-state index contributed by atoms with van der Waals surface area (Å²) in [5.41, 5.74) is -3.51. The number of rotatable bonds is 7. The zero-order valence-electron chi connectivity index (χ0n) is 26.1. The maximum Gasteiger partial charge on any atom is 0.338 e. The molecular weight excluding hydrogens is 568 g/mol. The fraction of sp³-hybridized carbons (Fsp3) is 0.588. The van der Waals surface area contributed by atoms with Crippen molar-refractivity contribution in [2.24, 2.45) is 29.1 Å². The molecule has 0 spiro atoms. The number of aliphatic hydroxyl groups is 1. The molecule has 4 aliphatic rings. The molecule has 238 valence electrons. The second kappa shape index (κ2) is 11.5. The van der Waals surface area contributed by atoms with Gasteiger partial charge in [0.05, 0.1) is 23.5 Å². The standard InChI is InChI=1S/C34H42O10/c1-8-25(37)43-27-19(4)16-34(39)26(27)29(42-21(6)36)33-17-40-32(7,31(34)44-30(38)22-12-10-9-11-13-22)28(33)23(18(2)3)14-15-24(33)41-20(5)35/h9-15,19,23-24,26-29,31,39H,2,8,16-17H2,1,3-7H3. The van der Waals surface area contributed by atoms with Crippen LogP contribution in [0.5, 0.6) is 0 Å². The second-order valence-corrected chi connectivity index (χ2v) is 13.0. The van der Waals surface area contributed by atoms with Gasteiger partial charge >= 0.3 is 23.9 Å². The van der Waals surface area contributed by atoms with Gasteiger partial charge in [0.25, 0.3) is 0 Å². The highest BCUT2D eigenvalue weighted by molar-refractivity contribution is 5.89. The third-order valence-corrected chi connectivity index (χ3v) is 10.1. The minimum Gasteiger partial charge on any atom is -0.462 e. The quantitative estimate of drug-likeness (QED) is 0.275. The van der Waals surface area contributed by atoms with Gasteiger partial charge in [0.1, 0.15) is 29.5 Å². The highest BCUT2D eigenvalue weighted by Crippen LogP contribution is 2.68. The fourth-order valence-corrected chi connectivity index (χ4v) is 8.60. The average molecular weight is 611 g/mol. The van der Waals surface area contributed by atoms with Gasteiger partial charge in [0.15, 0.2) is 6.10 Å². The van der Waals surface area contributed by atoms with Gasteiger partial charge in [0, 0.05) is 32.1 Å². The first-order chi connectivity index (χ1) is 20.7. The molecule has 1 saturated heterocycles. The van der Waals surface area contributed by atoms with Crippen LogP contribution in [0.4, 0.5) is 0 Å². The Balaban J connectivity index is 1.80. The van der Waals surface area contributed by atoms with E-state index in [1.807, 2.05) is 19.9 Å². The van der Waals surface area contributed by atoms with Gasteiger partial charge in [-0.25, -0.2) is 4.79 Å². The number of carbonyl (C=O) groups excluding carboxylic acids is 4. The van der Waals surface area contributed by atoms with Crippen LogP contribution in [-0.4, -0.2) is 71.2 Å². The topological polar surface area (TPSA) is 135 Å². The maximum absolute atomic E-state index is 13.7. The molecule has 0 amide bonds. The lowest BCUT2D eigenvalue weighted by Gasteiger charge is -2.51. The zero-order chi connectivity index (χ0) is 32.2. The van der Waals surface area contributed by atoms with E-state index in [-0.39, 0.29) is 25.0 Å². The number of hydrogen-bond donors (Lipinski definition) is 1. The van der Waals surface area contributed by atoms with Crippen LogP contribution in [-0.2, 0) is 38.1 Å². The summed E-state index contributed by atoms with van der Waals surface area (Å²) in [6.07, 6.45) is -0.567. The molecule has 11 unspecified atom stereocenters. The Hall–Kier alpha value is -3.50. The molecule has 5 rings (SSSR count). The molecule has 3 aliphatic carbocycles. The summed E-state index contributed by atoms with van der Waals surface area (Å²) in [5, 5.41) is 13.0. The van der Waals surface area contributed by atoms with Crippen LogP contribution in [0.1, 0.15) is 64.7 Å². The van der Waals surface area contributed by atoms with Crippen molar-refractivity contribution in [3.8, 4) is 0 Å². The van der Waals surface area contributed by atoms with Crippen molar-refractivity contribution < 1.29 is 48.0 Å². The highest BCUT2D eigenvalue weighted by atomic mass is 16.6. The maximum atomic E-state index is 13.7. The minimum absolute atomic E-state index is 0.0506. The van der Waals surface area contributed by atoms with E-state index in [0.717, 1.165) is 5.57 Å². The van der Waals surface area contributed by atoms with E-state index in [4.69, 9.17) is 23.7 Å². The molecule has 1 heterocycles. The normalized spacial score (nSPS) is 40.2. The van der Waals surface area contributed by atoms with E-state index in [1.54, 1.807) is 50.3 Å². The summed E-state index contributed by atoms with van der Waals surface area (Å²) in [5.74, 6) is -4.89. The van der Waals surface area contributed by atoms with E-state index in [9.17, 15) is 24.3 Å². The molecule has 1 aromatic rings. The first-order valence-electron chi connectivity index (χ1n) is 15.2. The molecule has 2 bridgehead atoms. The van der Waals surface area contributed by atoms with E-state index in [2.05, 4.69) is 6.58 Å². The molecule has 2 saturated carbocycles. The summed E-state index contributed by atoms with van der Waals surface area (Å²) in [4.78, 5) is 52.0. The number of esters is 4. The van der Waals surface area contributed by atoms with Crippen LogP contribution < -0.4 is 0 Å². The Morgan fingerprint density at radius 3 is 2.25 bits per heavy atom. The van der Waals surface area contributed by atoms with Gasteiger partial charge in [-0.1, -0.05) is 50.3 Å². The van der Waals surface area contributed by atoms with Crippen molar-refractivity contribution in [2.75, 3.05) is 6.61 Å². The molecule has 3 fully saturated rings. The molecule has 1 aromatic carbocycles. The van der Waals surface area contributed by atoms with E-state index >= 15 is 0 Å². The summed E-state index contributed by atoms with van der Waals surface area (Å²) in [7, 11) is 0. The van der Waals surface area contributed by atoms with Crippen molar-refractivity contribution in [1.82, 2.24) is 0 Å². The highest BCUT2D eigenvalue weighted by Gasteiger charge is 2.80. The molecule has 1 aliphatic heterocycles. The van der Waals surface area contributed by atoms with Crippen LogP contribution in [0.25, 0.3) is 0 Å². The number of fused-ring (bicyclic) bond motifs is 1. The van der Waals surface area contributed by atoms with Crippen molar-refractivity contribution in [1.29, 1.82) is 0 Å². The average Bonchev–Trinajstić information content (AvgIpc) is 3.40. The Morgan fingerprint density at radius 1 is 1.00 bits per heavy atom. The third kappa shape index (κ3) is 4.86. The lowest BCUT2D eigenvalue weighted by atomic mass is 9.55. The number of hydrogen-bond acceptors (Lipinski definition) is 10. The molecule has 1 N–H and O–H groups in total. The van der Waals surface area contributed by atoms with Crippen LogP contribution in [0.2, 0.25) is 0 Å². The first-order valence-corrected chi connectivity index (χ1v) is 15.2. The summed E-state index contributed by atoms with van der Waals surface area (Å²) < 4.78 is 31.1. The molecule has 10 nitrogen and oxygen atoms in total. The third-order valence-electron chi connectivity index (χ3n) is 10.1. The Morgan fingerprint density at radius 2 is 1.66 bits per heavy atom. The number of ether oxygens (including phenoxy) is 5. The van der Waals surface area contributed by atoms with Crippen LogP contribution in [0.3, 0.4) is 0 Å². The van der Waals surface area contributed by atoms with Crippen molar-refractivity contribution in [2.45, 2.75) is 90.0 Å². The SMILES string of the molecule is C=C(C)C1C=CC(OC(C)=O)C23COC(C)(C(OC(=O)c4ccccc4)C4(O)CC(C)C(OC(=O)CC)C4C2OC(C)=O)C13. The number of allylic oxidation sites excluding steroid dienone is 2. The lowest BCUT2D eigenvalue weighted by molar-refractivity contribution is -0.228. The molecular formula is C34H42O10. The van der Waals surface area contributed by atoms with Gasteiger partial charge in [-0.3, -0.25) is 14.4 Å². The smallest absolute Gasteiger partial charge is 0.338 e. The number of carbonyl (C=O) groups is 4. The van der Waals surface area contributed by atoms with Gasteiger partial charge < -0.3 is 28.8 Å². The monoisotopic (exact) mass is 610 g/mol. The predicted molar refractivity (Wildman–Crippen MR) is 157 cm³/mol. The molecule has 0 aromatic heterocycles. The minimum atomic E-state index is -1.89. The Kier molecular flexibility index (Phi) is 8.31.